The van der Waals surface area contributed by atoms with Gasteiger partial charge in [-0.15, -0.1) is 0 Å². The van der Waals surface area contributed by atoms with E-state index in [4.69, 9.17) is 5.73 Å². The highest BCUT2D eigenvalue weighted by Gasteiger charge is 2.27. The summed E-state index contributed by atoms with van der Waals surface area (Å²) in [6.07, 6.45) is 0. The van der Waals surface area contributed by atoms with Crippen LogP contribution in [-0.4, -0.2) is 27.0 Å². The zero-order chi connectivity index (χ0) is 15.0. The second-order valence-corrected chi connectivity index (χ2v) is 5.05. The number of nitrogens with zero attached hydrogens (tertiary/aromatic N) is 2. The van der Waals surface area contributed by atoms with Crippen LogP contribution in [0.25, 0.3) is 0 Å². The minimum Gasteiger partial charge on any atom is -0.351 e. The molecule has 2 aromatic rings. The van der Waals surface area contributed by atoms with Gasteiger partial charge in [-0.2, -0.15) is 5.10 Å². The molecule has 0 atom stereocenters. The lowest BCUT2D eigenvalue weighted by molar-refractivity contribution is 0.102. The summed E-state index contributed by atoms with van der Waals surface area (Å²) in [5.41, 5.74) is 8.44. The van der Waals surface area contributed by atoms with Crippen LogP contribution in [0, 0.1) is 6.92 Å². The standard InChI is InChI=1S/C14H15N5O2/c1-8-3-2-4-9(5-8)13(20)16-12-10-6-19(14(15)21)7-11(10)17-18-12/h2-5H,6-7H2,1H3,(H2,15,21)(H2,16,17,18,20). The van der Waals surface area contributed by atoms with E-state index < -0.39 is 6.03 Å². The quantitative estimate of drug-likeness (QED) is 0.776. The average molecular weight is 285 g/mol. The summed E-state index contributed by atoms with van der Waals surface area (Å²) >= 11 is 0. The molecule has 1 aromatic carbocycles. The molecule has 108 valence electrons. The summed E-state index contributed by atoms with van der Waals surface area (Å²) in [6.45, 7) is 2.66. The Kier molecular flexibility index (Phi) is 3.09. The van der Waals surface area contributed by atoms with E-state index in [1.165, 1.54) is 4.90 Å². The Morgan fingerprint density at radius 2 is 2.19 bits per heavy atom. The van der Waals surface area contributed by atoms with E-state index in [1.54, 1.807) is 12.1 Å². The molecule has 0 saturated heterocycles. The number of fused-ring (bicyclic) bond motifs is 1. The monoisotopic (exact) mass is 285 g/mol. The topological polar surface area (TPSA) is 104 Å². The fraction of sp³-hybridized carbons (Fsp3) is 0.214. The number of nitrogens with one attached hydrogen (secondary N) is 2. The van der Waals surface area contributed by atoms with Crippen LogP contribution >= 0.6 is 0 Å². The number of H-pyrrole nitrogens is 1. The number of aromatic amines is 1. The molecule has 0 saturated carbocycles. The van der Waals surface area contributed by atoms with E-state index >= 15 is 0 Å². The SMILES string of the molecule is Cc1cccc(C(=O)Nc2n[nH]c3c2CN(C(N)=O)C3)c1. The van der Waals surface area contributed by atoms with Gasteiger partial charge >= 0.3 is 6.03 Å². The molecule has 1 aliphatic rings. The highest BCUT2D eigenvalue weighted by atomic mass is 16.2. The molecule has 0 unspecified atom stereocenters. The van der Waals surface area contributed by atoms with Crippen molar-refractivity contribution < 1.29 is 9.59 Å². The molecule has 21 heavy (non-hydrogen) atoms. The van der Waals surface area contributed by atoms with Gasteiger partial charge in [0.15, 0.2) is 5.82 Å². The van der Waals surface area contributed by atoms with E-state index in [0.717, 1.165) is 16.8 Å². The van der Waals surface area contributed by atoms with Gasteiger partial charge < -0.3 is 16.0 Å². The molecule has 3 rings (SSSR count). The summed E-state index contributed by atoms with van der Waals surface area (Å²) in [6, 6.07) is 6.81. The van der Waals surface area contributed by atoms with Crippen LogP contribution in [-0.2, 0) is 13.1 Å². The summed E-state index contributed by atoms with van der Waals surface area (Å²) in [5.74, 6) is 0.214. The first-order valence-electron chi connectivity index (χ1n) is 6.53. The minimum atomic E-state index is -0.490. The van der Waals surface area contributed by atoms with Crippen molar-refractivity contribution in [2.45, 2.75) is 20.0 Å². The number of amides is 3. The maximum Gasteiger partial charge on any atom is 0.315 e. The van der Waals surface area contributed by atoms with Crippen molar-refractivity contribution in [3.8, 4) is 0 Å². The van der Waals surface area contributed by atoms with Gasteiger partial charge in [0.25, 0.3) is 5.91 Å². The number of benzene rings is 1. The van der Waals surface area contributed by atoms with E-state index in [2.05, 4.69) is 15.5 Å². The molecular weight excluding hydrogens is 270 g/mol. The molecule has 1 aromatic heterocycles. The zero-order valence-corrected chi connectivity index (χ0v) is 11.5. The molecule has 4 N–H and O–H groups in total. The molecule has 2 heterocycles. The van der Waals surface area contributed by atoms with Crippen molar-refractivity contribution in [2.75, 3.05) is 5.32 Å². The smallest absolute Gasteiger partial charge is 0.315 e. The molecule has 0 spiro atoms. The molecule has 0 aliphatic carbocycles. The van der Waals surface area contributed by atoms with Gasteiger partial charge in [0.2, 0.25) is 0 Å². The Labute approximate surface area is 121 Å². The second kappa shape index (κ2) is 4.93. The van der Waals surface area contributed by atoms with Gasteiger partial charge in [0, 0.05) is 11.1 Å². The fourth-order valence-corrected chi connectivity index (χ4v) is 2.37. The van der Waals surface area contributed by atoms with E-state index in [9.17, 15) is 9.59 Å². The Bertz CT molecular complexity index is 722. The Balaban J connectivity index is 1.79. The van der Waals surface area contributed by atoms with Gasteiger partial charge in [-0.25, -0.2) is 4.79 Å². The van der Waals surface area contributed by atoms with Crippen molar-refractivity contribution in [1.82, 2.24) is 15.1 Å². The number of urea groups is 1. The molecule has 3 amide bonds. The number of primary amides is 1. The fourth-order valence-electron chi connectivity index (χ4n) is 2.37. The van der Waals surface area contributed by atoms with Gasteiger partial charge in [-0.1, -0.05) is 17.7 Å². The molecule has 1 aliphatic heterocycles. The largest absolute Gasteiger partial charge is 0.351 e. The summed E-state index contributed by atoms with van der Waals surface area (Å²) in [7, 11) is 0. The number of hydrogen-bond donors (Lipinski definition) is 3. The van der Waals surface area contributed by atoms with Gasteiger partial charge in [-0.05, 0) is 19.1 Å². The number of nitrogens with two attached hydrogens (primary N) is 1. The molecule has 0 bridgehead atoms. The normalized spacial score (nSPS) is 13.1. The third kappa shape index (κ3) is 2.45. The van der Waals surface area contributed by atoms with E-state index in [0.29, 0.717) is 24.5 Å². The van der Waals surface area contributed by atoms with E-state index in [-0.39, 0.29) is 5.91 Å². The number of aryl methyl sites for hydroxylation is 1. The highest BCUT2D eigenvalue weighted by Crippen LogP contribution is 2.27. The average Bonchev–Trinajstić information content (AvgIpc) is 3.01. The van der Waals surface area contributed by atoms with Crippen LogP contribution in [0.15, 0.2) is 24.3 Å². The number of anilines is 1. The van der Waals surface area contributed by atoms with Gasteiger partial charge in [0.05, 0.1) is 18.8 Å². The van der Waals surface area contributed by atoms with Crippen LogP contribution in [0.5, 0.6) is 0 Å². The lowest BCUT2D eigenvalue weighted by Gasteiger charge is -2.11. The maximum absolute atomic E-state index is 12.2. The van der Waals surface area contributed by atoms with Gasteiger partial charge in [-0.3, -0.25) is 9.89 Å². The summed E-state index contributed by atoms with van der Waals surface area (Å²) in [5, 5.41) is 9.67. The van der Waals surface area contributed by atoms with Crippen molar-refractivity contribution in [3.63, 3.8) is 0 Å². The van der Waals surface area contributed by atoms with E-state index in [1.807, 2.05) is 19.1 Å². The van der Waals surface area contributed by atoms with Crippen molar-refractivity contribution in [3.05, 3.63) is 46.6 Å². The predicted octanol–water partition coefficient (Wildman–Crippen LogP) is 1.36. The Hall–Kier alpha value is -2.83. The third-order valence-corrected chi connectivity index (χ3v) is 3.47. The lowest BCUT2D eigenvalue weighted by Crippen LogP contribution is -2.31. The van der Waals surface area contributed by atoms with Gasteiger partial charge in [0.1, 0.15) is 0 Å². The Morgan fingerprint density at radius 1 is 1.38 bits per heavy atom. The van der Waals surface area contributed by atoms with Crippen LogP contribution in [0.4, 0.5) is 10.6 Å². The Morgan fingerprint density at radius 3 is 2.90 bits per heavy atom. The number of aromatic nitrogens is 2. The molecule has 7 nitrogen and oxygen atoms in total. The minimum absolute atomic E-state index is 0.231. The summed E-state index contributed by atoms with van der Waals surface area (Å²) < 4.78 is 0. The summed E-state index contributed by atoms with van der Waals surface area (Å²) in [4.78, 5) is 24.9. The van der Waals surface area contributed by atoms with Crippen molar-refractivity contribution in [1.29, 1.82) is 0 Å². The van der Waals surface area contributed by atoms with Crippen molar-refractivity contribution in [2.24, 2.45) is 5.73 Å². The third-order valence-electron chi connectivity index (χ3n) is 3.47. The number of carbonyl (C=O) groups excluding carboxylic acids is 2. The number of hydrogen-bond acceptors (Lipinski definition) is 3. The lowest BCUT2D eigenvalue weighted by atomic mass is 10.1. The van der Waals surface area contributed by atoms with Crippen LogP contribution in [0.3, 0.4) is 0 Å². The zero-order valence-electron chi connectivity index (χ0n) is 11.5. The predicted molar refractivity (Wildman–Crippen MR) is 76.6 cm³/mol. The second-order valence-electron chi connectivity index (χ2n) is 5.05. The first kappa shape index (κ1) is 13.2. The first-order valence-corrected chi connectivity index (χ1v) is 6.53. The van der Waals surface area contributed by atoms with Crippen LogP contribution < -0.4 is 11.1 Å². The highest BCUT2D eigenvalue weighted by molar-refractivity contribution is 6.04. The molecule has 0 radical (unpaired) electrons. The number of carbonyl (C=O) groups is 2. The van der Waals surface area contributed by atoms with Crippen LogP contribution in [0.2, 0.25) is 0 Å². The molecule has 7 heteroatoms. The van der Waals surface area contributed by atoms with Crippen LogP contribution in [0.1, 0.15) is 27.2 Å². The number of rotatable bonds is 2. The van der Waals surface area contributed by atoms with Crippen molar-refractivity contribution >= 4 is 17.8 Å². The first-order chi connectivity index (χ1) is 10.0. The maximum atomic E-state index is 12.2. The molecular formula is C14H15N5O2. The molecule has 0 fully saturated rings.